The van der Waals surface area contributed by atoms with Crippen LogP contribution in [0.5, 0.6) is 0 Å². The highest BCUT2D eigenvalue weighted by atomic mass is 16.1. The zero-order chi connectivity index (χ0) is 26.9. The van der Waals surface area contributed by atoms with Crippen LogP contribution < -0.4 is 5.32 Å². The van der Waals surface area contributed by atoms with Crippen LogP contribution in [0.4, 0.5) is 5.69 Å². The minimum atomic E-state index is -0.102. The molecule has 0 bridgehead atoms. The van der Waals surface area contributed by atoms with Crippen LogP contribution in [-0.4, -0.2) is 41.0 Å². The molecule has 1 aromatic carbocycles. The van der Waals surface area contributed by atoms with Crippen LogP contribution in [0.1, 0.15) is 5.56 Å². The first kappa shape index (κ1) is 23.4. The molecule has 1 amide bonds. The number of pyridine rings is 4. The molecule has 7 rings (SSSR count). The van der Waals surface area contributed by atoms with Crippen molar-refractivity contribution in [3.05, 3.63) is 110 Å². The van der Waals surface area contributed by atoms with Crippen LogP contribution in [0.25, 0.3) is 55.6 Å². The van der Waals surface area contributed by atoms with Crippen molar-refractivity contribution in [3.8, 4) is 33.6 Å². The molecular weight excluding hydrogens is 500 g/mol. The highest BCUT2D eigenvalue weighted by Crippen LogP contribution is 2.34. The molecule has 7 aromatic rings. The van der Waals surface area contributed by atoms with Crippen LogP contribution in [0, 0.1) is 0 Å². The van der Waals surface area contributed by atoms with Gasteiger partial charge < -0.3 is 10.3 Å². The monoisotopic (exact) mass is 522 g/mol. The minimum Gasteiger partial charge on any atom is -0.352 e. The molecule has 0 spiro atoms. The number of hydrogen-bond donors (Lipinski definition) is 3. The van der Waals surface area contributed by atoms with E-state index in [0.717, 1.165) is 55.5 Å². The summed E-state index contributed by atoms with van der Waals surface area (Å²) in [5, 5.41) is 12.4. The van der Waals surface area contributed by atoms with Crippen molar-refractivity contribution < 1.29 is 4.79 Å². The molecule has 3 N–H and O–H groups in total. The summed E-state index contributed by atoms with van der Waals surface area (Å²) in [6.45, 7) is 0. The van der Waals surface area contributed by atoms with Gasteiger partial charge in [0.1, 0.15) is 0 Å². The van der Waals surface area contributed by atoms with Gasteiger partial charge in [-0.1, -0.05) is 30.3 Å². The predicted octanol–water partition coefficient (Wildman–Crippen LogP) is 5.81. The van der Waals surface area contributed by atoms with Crippen molar-refractivity contribution in [2.24, 2.45) is 0 Å². The minimum absolute atomic E-state index is 0.102. The summed E-state index contributed by atoms with van der Waals surface area (Å²) in [4.78, 5) is 33.5. The molecule has 0 atom stereocenters. The Kier molecular flexibility index (Phi) is 5.78. The van der Waals surface area contributed by atoms with E-state index in [9.17, 15) is 4.79 Å². The van der Waals surface area contributed by atoms with E-state index in [-0.39, 0.29) is 5.91 Å². The second kappa shape index (κ2) is 9.88. The van der Waals surface area contributed by atoms with E-state index in [1.807, 2.05) is 67.0 Å². The van der Waals surface area contributed by atoms with E-state index in [2.05, 4.69) is 46.5 Å². The first-order valence-electron chi connectivity index (χ1n) is 12.7. The normalized spacial score (nSPS) is 11.2. The highest BCUT2D eigenvalue weighted by molar-refractivity contribution is 6.00. The van der Waals surface area contributed by atoms with E-state index in [4.69, 9.17) is 0 Å². The molecule has 9 heteroatoms. The summed E-state index contributed by atoms with van der Waals surface area (Å²) in [5.41, 5.74) is 8.54. The molecule has 0 aliphatic rings. The average molecular weight is 523 g/mol. The van der Waals surface area contributed by atoms with Gasteiger partial charge in [0.25, 0.3) is 0 Å². The molecule has 0 fully saturated rings. The molecule has 0 aliphatic heterocycles. The van der Waals surface area contributed by atoms with Crippen LogP contribution in [0.3, 0.4) is 0 Å². The topological polar surface area (TPSA) is 125 Å². The molecule has 192 valence electrons. The number of anilines is 1. The van der Waals surface area contributed by atoms with Crippen molar-refractivity contribution in [2.45, 2.75) is 6.42 Å². The molecule has 40 heavy (non-hydrogen) atoms. The SMILES string of the molecule is O=C(Cc1ccccc1)Nc1cncc(-c2cnc3n[nH]c(-c4cc5c(-c6ccncc6)cncc5[nH]4)c3c2)c1. The average Bonchev–Trinajstić information content (AvgIpc) is 3.62. The lowest BCUT2D eigenvalue weighted by atomic mass is 10.0. The fourth-order valence-corrected chi connectivity index (χ4v) is 4.86. The molecule has 6 heterocycles. The first-order valence-corrected chi connectivity index (χ1v) is 12.7. The maximum atomic E-state index is 12.6. The Morgan fingerprint density at radius 3 is 2.48 bits per heavy atom. The van der Waals surface area contributed by atoms with Crippen LogP contribution in [-0.2, 0) is 11.2 Å². The number of fused-ring (bicyclic) bond motifs is 2. The van der Waals surface area contributed by atoms with Crippen LogP contribution >= 0.6 is 0 Å². The highest BCUT2D eigenvalue weighted by Gasteiger charge is 2.15. The Bertz CT molecular complexity index is 1980. The Morgan fingerprint density at radius 2 is 1.60 bits per heavy atom. The van der Waals surface area contributed by atoms with Crippen LogP contribution in [0.2, 0.25) is 0 Å². The Morgan fingerprint density at radius 1 is 0.775 bits per heavy atom. The van der Waals surface area contributed by atoms with Gasteiger partial charge in [0.15, 0.2) is 5.65 Å². The smallest absolute Gasteiger partial charge is 0.228 e. The van der Waals surface area contributed by atoms with Gasteiger partial charge in [-0.05, 0) is 41.5 Å². The molecule has 0 unspecified atom stereocenters. The number of carbonyl (C=O) groups is 1. The van der Waals surface area contributed by atoms with Crippen molar-refractivity contribution in [2.75, 3.05) is 5.32 Å². The quantitative estimate of drug-likeness (QED) is 0.253. The van der Waals surface area contributed by atoms with E-state index in [1.54, 1.807) is 31.0 Å². The Hall–Kier alpha value is -5.70. The molecule has 0 saturated heterocycles. The third-order valence-electron chi connectivity index (χ3n) is 6.78. The van der Waals surface area contributed by atoms with Gasteiger partial charge in [-0.25, -0.2) is 4.98 Å². The summed E-state index contributed by atoms with van der Waals surface area (Å²) in [5.74, 6) is -0.102. The largest absolute Gasteiger partial charge is 0.352 e. The summed E-state index contributed by atoms with van der Waals surface area (Å²) in [6, 6.07) is 19.6. The lowest BCUT2D eigenvalue weighted by Crippen LogP contribution is -2.14. The maximum Gasteiger partial charge on any atom is 0.228 e. The standard InChI is InChI=1S/C31H22N8O/c40-29(10-19-4-2-1-3-5-19)36-23-11-21(14-33-16-23)22-12-25-30(38-39-31(25)35-15-22)27-13-24-26(17-34-18-28(24)37-27)20-6-8-32-9-7-20/h1-9,11-18,37H,10H2,(H,36,40)(H,35,38,39). The van der Waals surface area contributed by atoms with Gasteiger partial charge in [0.05, 0.1) is 41.4 Å². The number of aromatic amines is 2. The van der Waals surface area contributed by atoms with E-state index < -0.39 is 0 Å². The third-order valence-corrected chi connectivity index (χ3v) is 6.78. The van der Waals surface area contributed by atoms with Gasteiger partial charge in [-0.3, -0.25) is 24.8 Å². The number of carbonyl (C=O) groups excluding carboxylic acids is 1. The number of aromatic nitrogens is 7. The van der Waals surface area contributed by atoms with E-state index in [0.29, 0.717) is 17.8 Å². The summed E-state index contributed by atoms with van der Waals surface area (Å²) in [7, 11) is 0. The fraction of sp³-hybridized carbons (Fsp3) is 0.0323. The van der Waals surface area contributed by atoms with Crippen molar-refractivity contribution in [1.29, 1.82) is 0 Å². The lowest BCUT2D eigenvalue weighted by molar-refractivity contribution is -0.115. The number of nitrogens with zero attached hydrogens (tertiary/aromatic N) is 5. The zero-order valence-electron chi connectivity index (χ0n) is 21.2. The predicted molar refractivity (Wildman–Crippen MR) is 154 cm³/mol. The lowest BCUT2D eigenvalue weighted by Gasteiger charge is -2.07. The van der Waals surface area contributed by atoms with Gasteiger partial charge in [-0.2, -0.15) is 5.10 Å². The summed E-state index contributed by atoms with van der Waals surface area (Å²) in [6.07, 6.45) is 12.7. The van der Waals surface area contributed by atoms with E-state index in [1.165, 1.54) is 0 Å². The van der Waals surface area contributed by atoms with Crippen LogP contribution in [0.15, 0.2) is 104 Å². The van der Waals surface area contributed by atoms with Gasteiger partial charge in [0, 0.05) is 58.4 Å². The number of hydrogen-bond acceptors (Lipinski definition) is 6. The van der Waals surface area contributed by atoms with Gasteiger partial charge in [-0.15, -0.1) is 0 Å². The van der Waals surface area contributed by atoms with Gasteiger partial charge >= 0.3 is 0 Å². The third kappa shape index (κ3) is 4.45. The number of rotatable bonds is 6. The Labute approximate surface area is 228 Å². The number of amides is 1. The molecule has 6 aromatic heterocycles. The van der Waals surface area contributed by atoms with E-state index >= 15 is 0 Å². The molecule has 0 saturated carbocycles. The molecule has 0 radical (unpaired) electrons. The fourth-order valence-electron chi connectivity index (χ4n) is 4.86. The number of nitrogens with one attached hydrogen (secondary N) is 3. The first-order chi connectivity index (χ1) is 19.7. The number of benzene rings is 1. The molecular formula is C31H22N8O. The van der Waals surface area contributed by atoms with Crippen molar-refractivity contribution in [3.63, 3.8) is 0 Å². The number of H-pyrrole nitrogens is 2. The molecule has 9 nitrogen and oxygen atoms in total. The summed E-state index contributed by atoms with van der Waals surface area (Å²) >= 11 is 0. The van der Waals surface area contributed by atoms with Crippen molar-refractivity contribution >= 4 is 33.5 Å². The zero-order valence-corrected chi connectivity index (χ0v) is 21.2. The Balaban J connectivity index is 1.21. The molecule has 0 aliphatic carbocycles. The van der Waals surface area contributed by atoms with Gasteiger partial charge in [0.2, 0.25) is 5.91 Å². The second-order valence-electron chi connectivity index (χ2n) is 9.43. The van der Waals surface area contributed by atoms with Crippen molar-refractivity contribution in [1.82, 2.24) is 35.1 Å². The maximum absolute atomic E-state index is 12.6. The summed E-state index contributed by atoms with van der Waals surface area (Å²) < 4.78 is 0. The second-order valence-corrected chi connectivity index (χ2v) is 9.43.